The molecule has 7 heteroatoms. The standard InChI is InChI=1S/C29H43N3O4/c1-2-3-19-32-26(33)25(23-28(35)14-8-5-9-15-28)30-27(34)29(32)16-20-31(21-17-29)18-10-11-22-36-24-12-6-4-7-13-24/h4,6-7,10-13,25,35H,2-3,5,8-9,14-23H2,1H3,(H,30,34)/b11-10+/t25-/m1/s1. The molecule has 3 fully saturated rings. The van der Waals surface area contributed by atoms with E-state index in [9.17, 15) is 14.7 Å². The van der Waals surface area contributed by atoms with Crippen molar-refractivity contribution in [1.82, 2.24) is 15.1 Å². The van der Waals surface area contributed by atoms with Crippen LogP contribution in [-0.2, 0) is 9.59 Å². The van der Waals surface area contributed by atoms with Crippen molar-refractivity contribution in [2.45, 2.75) is 88.3 Å². The zero-order valence-corrected chi connectivity index (χ0v) is 21.8. The van der Waals surface area contributed by atoms with Crippen LogP contribution in [0.1, 0.15) is 71.1 Å². The Bertz CT molecular complexity index is 889. The summed E-state index contributed by atoms with van der Waals surface area (Å²) in [5.41, 5.74) is -1.61. The van der Waals surface area contributed by atoms with Crippen molar-refractivity contribution in [3.05, 3.63) is 42.5 Å². The Hall–Kier alpha value is -2.38. The summed E-state index contributed by atoms with van der Waals surface area (Å²) < 4.78 is 5.71. The molecule has 2 heterocycles. The van der Waals surface area contributed by atoms with Gasteiger partial charge in [0.1, 0.15) is 23.9 Å². The number of benzene rings is 1. The van der Waals surface area contributed by atoms with Gasteiger partial charge in [-0.05, 0) is 44.2 Å². The van der Waals surface area contributed by atoms with Crippen LogP contribution in [0.25, 0.3) is 0 Å². The quantitative estimate of drug-likeness (QED) is 0.482. The maximum Gasteiger partial charge on any atom is 0.246 e. The average Bonchev–Trinajstić information content (AvgIpc) is 2.89. The van der Waals surface area contributed by atoms with E-state index in [1.807, 2.05) is 41.3 Å². The molecule has 2 aliphatic heterocycles. The summed E-state index contributed by atoms with van der Waals surface area (Å²) in [5, 5.41) is 14.1. The molecule has 1 aromatic rings. The van der Waals surface area contributed by atoms with E-state index in [0.717, 1.165) is 57.5 Å². The van der Waals surface area contributed by atoms with Crippen molar-refractivity contribution in [2.75, 3.05) is 32.8 Å². The van der Waals surface area contributed by atoms with Crippen molar-refractivity contribution in [1.29, 1.82) is 0 Å². The lowest BCUT2D eigenvalue weighted by atomic mass is 9.77. The lowest BCUT2D eigenvalue weighted by molar-refractivity contribution is -0.163. The number of carbonyl (C=O) groups excluding carboxylic acids is 2. The van der Waals surface area contributed by atoms with Crippen molar-refractivity contribution < 1.29 is 19.4 Å². The molecule has 7 nitrogen and oxygen atoms in total. The predicted molar refractivity (Wildman–Crippen MR) is 141 cm³/mol. The smallest absolute Gasteiger partial charge is 0.246 e. The van der Waals surface area contributed by atoms with E-state index in [1.54, 1.807) is 0 Å². The molecule has 2 saturated heterocycles. The number of rotatable bonds is 10. The van der Waals surface area contributed by atoms with Gasteiger partial charge in [-0.15, -0.1) is 0 Å². The fraction of sp³-hybridized carbons (Fsp3) is 0.655. The van der Waals surface area contributed by atoms with Crippen LogP contribution >= 0.6 is 0 Å². The molecule has 0 radical (unpaired) electrons. The van der Waals surface area contributed by atoms with Gasteiger partial charge in [0, 0.05) is 32.6 Å². The Morgan fingerprint density at radius 3 is 2.47 bits per heavy atom. The maximum absolute atomic E-state index is 13.7. The molecule has 1 spiro atoms. The van der Waals surface area contributed by atoms with E-state index in [1.165, 1.54) is 0 Å². The van der Waals surface area contributed by atoms with Crippen LogP contribution in [0.4, 0.5) is 0 Å². The van der Waals surface area contributed by atoms with Crippen molar-refractivity contribution >= 4 is 11.8 Å². The van der Waals surface area contributed by atoms with Gasteiger partial charge >= 0.3 is 0 Å². The van der Waals surface area contributed by atoms with Crippen LogP contribution in [0, 0.1) is 0 Å². The number of nitrogens with zero attached hydrogens (tertiary/aromatic N) is 2. The Morgan fingerprint density at radius 2 is 1.78 bits per heavy atom. The number of nitrogens with one attached hydrogen (secondary N) is 1. The van der Waals surface area contributed by atoms with E-state index in [4.69, 9.17) is 4.74 Å². The van der Waals surface area contributed by atoms with Crippen LogP contribution in [0.2, 0.25) is 0 Å². The number of unbranched alkanes of at least 4 members (excludes halogenated alkanes) is 1. The summed E-state index contributed by atoms with van der Waals surface area (Å²) in [5.74, 6) is 0.818. The number of para-hydroxylation sites is 1. The Balaban J connectivity index is 1.34. The molecule has 4 rings (SSSR count). The van der Waals surface area contributed by atoms with Crippen LogP contribution in [0.3, 0.4) is 0 Å². The normalized spacial score (nSPS) is 24.3. The number of hydrogen-bond donors (Lipinski definition) is 2. The van der Waals surface area contributed by atoms with Gasteiger partial charge in [-0.1, -0.05) is 63.0 Å². The van der Waals surface area contributed by atoms with Gasteiger partial charge in [-0.25, -0.2) is 0 Å². The highest BCUT2D eigenvalue weighted by molar-refractivity contribution is 6.00. The Morgan fingerprint density at radius 1 is 1.06 bits per heavy atom. The molecule has 1 aromatic carbocycles. The molecular weight excluding hydrogens is 454 g/mol. The first-order valence-corrected chi connectivity index (χ1v) is 13.9. The van der Waals surface area contributed by atoms with E-state index < -0.39 is 17.2 Å². The van der Waals surface area contributed by atoms with Crippen LogP contribution in [0.15, 0.2) is 42.5 Å². The summed E-state index contributed by atoms with van der Waals surface area (Å²) >= 11 is 0. The van der Waals surface area contributed by atoms with Gasteiger partial charge < -0.3 is 20.1 Å². The molecule has 2 N–H and O–H groups in total. The number of aliphatic hydroxyl groups is 1. The third-order valence-electron chi connectivity index (χ3n) is 8.22. The van der Waals surface area contributed by atoms with Crippen LogP contribution in [-0.4, -0.2) is 76.7 Å². The fourth-order valence-electron chi connectivity index (χ4n) is 6.00. The largest absolute Gasteiger partial charge is 0.490 e. The third-order valence-corrected chi connectivity index (χ3v) is 8.22. The second-order valence-electron chi connectivity index (χ2n) is 10.8. The van der Waals surface area contributed by atoms with Gasteiger partial charge in [0.25, 0.3) is 0 Å². The fourth-order valence-corrected chi connectivity index (χ4v) is 6.00. The van der Waals surface area contributed by atoms with Crippen molar-refractivity contribution in [2.24, 2.45) is 0 Å². The molecule has 2 amide bonds. The SMILES string of the molecule is CCCCN1C(=O)[C@@H](CC2(O)CCCCC2)NC(=O)C12CCN(C/C=C/COc1ccccc1)CC2. The third kappa shape index (κ3) is 6.30. The molecule has 3 aliphatic rings. The maximum atomic E-state index is 13.7. The molecular formula is C29H43N3O4. The topological polar surface area (TPSA) is 82.1 Å². The van der Waals surface area contributed by atoms with E-state index in [-0.39, 0.29) is 11.8 Å². The summed E-state index contributed by atoms with van der Waals surface area (Å²) in [6.45, 7) is 5.57. The minimum Gasteiger partial charge on any atom is -0.490 e. The zero-order chi connectivity index (χ0) is 25.4. The lowest BCUT2D eigenvalue weighted by Crippen LogP contribution is -2.73. The molecule has 0 bridgehead atoms. The Kier molecular flexibility index (Phi) is 9.07. The van der Waals surface area contributed by atoms with Gasteiger partial charge in [0.15, 0.2) is 0 Å². The highest BCUT2D eigenvalue weighted by atomic mass is 16.5. The predicted octanol–water partition coefficient (Wildman–Crippen LogP) is 3.67. The first-order valence-electron chi connectivity index (χ1n) is 13.9. The minimum atomic E-state index is -0.841. The first kappa shape index (κ1) is 26.7. The average molecular weight is 498 g/mol. The molecule has 0 aromatic heterocycles. The number of carbonyl (C=O) groups is 2. The van der Waals surface area contributed by atoms with Crippen LogP contribution in [0.5, 0.6) is 5.75 Å². The number of hydrogen-bond acceptors (Lipinski definition) is 5. The highest BCUT2D eigenvalue weighted by Gasteiger charge is 2.54. The van der Waals surface area contributed by atoms with Crippen molar-refractivity contribution in [3.8, 4) is 5.75 Å². The minimum absolute atomic E-state index is 0.00606. The molecule has 198 valence electrons. The molecule has 1 atom stereocenters. The summed E-state index contributed by atoms with van der Waals surface area (Å²) in [6, 6.07) is 9.15. The van der Waals surface area contributed by atoms with E-state index >= 15 is 0 Å². The molecule has 36 heavy (non-hydrogen) atoms. The summed E-state index contributed by atoms with van der Waals surface area (Å²) in [7, 11) is 0. The lowest BCUT2D eigenvalue weighted by Gasteiger charge is -2.52. The summed E-state index contributed by atoms with van der Waals surface area (Å²) in [4.78, 5) is 31.4. The van der Waals surface area contributed by atoms with E-state index in [0.29, 0.717) is 45.3 Å². The number of piperazine rings is 1. The highest BCUT2D eigenvalue weighted by Crippen LogP contribution is 2.37. The van der Waals surface area contributed by atoms with Gasteiger partial charge in [-0.3, -0.25) is 14.5 Å². The van der Waals surface area contributed by atoms with Crippen molar-refractivity contribution in [3.63, 3.8) is 0 Å². The molecule has 1 aliphatic carbocycles. The second kappa shape index (κ2) is 12.2. The van der Waals surface area contributed by atoms with Gasteiger partial charge in [-0.2, -0.15) is 0 Å². The Labute approximate surface area is 215 Å². The number of likely N-dealkylation sites (tertiary alicyclic amines) is 1. The van der Waals surface area contributed by atoms with E-state index in [2.05, 4.69) is 23.2 Å². The number of amides is 2. The van der Waals surface area contributed by atoms with Gasteiger partial charge in [0.2, 0.25) is 11.8 Å². The molecule has 0 unspecified atom stereocenters. The van der Waals surface area contributed by atoms with Gasteiger partial charge in [0.05, 0.1) is 5.60 Å². The second-order valence-corrected chi connectivity index (χ2v) is 10.8. The van der Waals surface area contributed by atoms with Crippen LogP contribution < -0.4 is 10.1 Å². The number of piperidine rings is 1. The first-order chi connectivity index (χ1) is 17.5. The molecule has 1 saturated carbocycles. The zero-order valence-electron chi connectivity index (χ0n) is 21.8. The monoisotopic (exact) mass is 497 g/mol. The number of ether oxygens (including phenoxy) is 1. The summed E-state index contributed by atoms with van der Waals surface area (Å²) in [6.07, 6.45) is 12.1.